The van der Waals surface area contributed by atoms with Crippen molar-refractivity contribution >= 4 is 17.4 Å². The van der Waals surface area contributed by atoms with Gasteiger partial charge in [-0.1, -0.05) is 0 Å². The number of amides is 1. The van der Waals surface area contributed by atoms with Crippen LogP contribution in [0, 0.1) is 26.3 Å². The first kappa shape index (κ1) is 19.0. The van der Waals surface area contributed by atoms with Crippen molar-refractivity contribution in [2.24, 2.45) is 5.92 Å². The summed E-state index contributed by atoms with van der Waals surface area (Å²) >= 11 is 0. The van der Waals surface area contributed by atoms with Crippen molar-refractivity contribution in [1.29, 1.82) is 0 Å². The van der Waals surface area contributed by atoms with Crippen LogP contribution in [0.25, 0.3) is 21.7 Å². The van der Waals surface area contributed by atoms with Crippen LogP contribution in [0.3, 0.4) is 0 Å². The maximum Gasteiger partial charge on any atom is 0.408 e. The third kappa shape index (κ3) is 3.44. The average molecular weight is 403 g/mol. The molecule has 1 saturated carbocycles. The maximum atomic E-state index is 13.3. The Labute approximate surface area is 163 Å². The van der Waals surface area contributed by atoms with Crippen LogP contribution in [-0.4, -0.2) is 32.7 Å². The standard InChI is InChI=1S/C19H16F3N5O2/c1-9-6-14(12-7-15(23-3)29-10(12)2)25-17-13(8-24-27(9)17)18(28)26-16(11-4-5-11)19(20,21)22/h6-8,11,16H,4-5H2,1-2H3,(H,26,28)/t16-/m0/s1. The number of hydrogen-bond donors (Lipinski definition) is 1. The van der Waals surface area contributed by atoms with Crippen molar-refractivity contribution in [1.82, 2.24) is 19.9 Å². The van der Waals surface area contributed by atoms with Gasteiger partial charge in [0.25, 0.3) is 5.91 Å². The van der Waals surface area contributed by atoms with E-state index in [4.69, 9.17) is 11.0 Å². The molecule has 1 atom stereocenters. The van der Waals surface area contributed by atoms with Gasteiger partial charge in [0.05, 0.1) is 24.2 Å². The summed E-state index contributed by atoms with van der Waals surface area (Å²) in [7, 11) is 0. The number of aryl methyl sites for hydroxylation is 2. The van der Waals surface area contributed by atoms with Gasteiger partial charge in [-0.2, -0.15) is 23.1 Å². The molecule has 1 aliphatic rings. The summed E-state index contributed by atoms with van der Waals surface area (Å²) in [4.78, 5) is 20.3. The lowest BCUT2D eigenvalue weighted by atomic mass is 10.1. The molecule has 0 bridgehead atoms. The lowest BCUT2D eigenvalue weighted by Crippen LogP contribution is -2.46. The van der Waals surface area contributed by atoms with Crippen molar-refractivity contribution in [2.75, 3.05) is 0 Å². The number of alkyl halides is 3. The van der Waals surface area contributed by atoms with Gasteiger partial charge in [0, 0.05) is 11.3 Å². The van der Waals surface area contributed by atoms with Gasteiger partial charge in [0.2, 0.25) is 0 Å². The number of rotatable bonds is 4. The fourth-order valence-electron chi connectivity index (χ4n) is 3.30. The Morgan fingerprint density at radius 3 is 2.69 bits per heavy atom. The zero-order valence-electron chi connectivity index (χ0n) is 15.5. The first-order valence-corrected chi connectivity index (χ1v) is 8.90. The summed E-state index contributed by atoms with van der Waals surface area (Å²) in [6.45, 7) is 10.5. The van der Waals surface area contributed by atoms with Crippen LogP contribution in [0.15, 0.2) is 22.7 Å². The van der Waals surface area contributed by atoms with Crippen LogP contribution in [0.4, 0.5) is 19.1 Å². The predicted molar refractivity (Wildman–Crippen MR) is 96.5 cm³/mol. The molecule has 0 spiro atoms. The number of nitrogens with one attached hydrogen (secondary N) is 1. The molecule has 3 aromatic heterocycles. The molecule has 0 saturated heterocycles. The van der Waals surface area contributed by atoms with Gasteiger partial charge in [-0.25, -0.2) is 9.50 Å². The zero-order chi connectivity index (χ0) is 20.9. The van der Waals surface area contributed by atoms with Crippen molar-refractivity contribution in [3.8, 4) is 11.3 Å². The van der Waals surface area contributed by atoms with Crippen molar-refractivity contribution in [3.63, 3.8) is 0 Å². The highest BCUT2D eigenvalue weighted by atomic mass is 19.4. The van der Waals surface area contributed by atoms with E-state index in [0.29, 0.717) is 35.6 Å². The van der Waals surface area contributed by atoms with E-state index >= 15 is 0 Å². The number of furan rings is 1. The lowest BCUT2D eigenvalue weighted by Gasteiger charge is -2.20. The first-order chi connectivity index (χ1) is 13.7. The number of nitrogens with zero attached hydrogens (tertiary/aromatic N) is 4. The van der Waals surface area contributed by atoms with E-state index in [1.54, 1.807) is 19.9 Å². The van der Waals surface area contributed by atoms with Crippen LogP contribution in [-0.2, 0) is 0 Å². The van der Waals surface area contributed by atoms with Crippen LogP contribution < -0.4 is 5.32 Å². The Morgan fingerprint density at radius 2 is 2.10 bits per heavy atom. The maximum absolute atomic E-state index is 13.3. The van der Waals surface area contributed by atoms with Crippen molar-refractivity contribution in [2.45, 2.75) is 38.9 Å². The summed E-state index contributed by atoms with van der Waals surface area (Å²) in [6, 6.07) is 1.35. The summed E-state index contributed by atoms with van der Waals surface area (Å²) in [5, 5.41) is 6.19. The number of hydrogen-bond acceptors (Lipinski definition) is 4. The summed E-state index contributed by atoms with van der Waals surface area (Å²) in [6.07, 6.45) is -2.44. The second kappa shape index (κ2) is 6.62. The van der Waals surface area contributed by atoms with E-state index in [0.717, 1.165) is 0 Å². The number of carbonyl (C=O) groups is 1. The van der Waals surface area contributed by atoms with Crippen LogP contribution >= 0.6 is 0 Å². The number of aromatic nitrogens is 3. The molecular weight excluding hydrogens is 387 g/mol. The van der Waals surface area contributed by atoms with Gasteiger partial charge < -0.3 is 9.73 Å². The molecule has 0 aromatic carbocycles. The SMILES string of the molecule is [C-]#[N+]c1cc(-c2cc(C)n3ncc(C(=O)N[C@@H](C4CC4)C(F)(F)F)c3n2)c(C)o1. The fourth-order valence-corrected chi connectivity index (χ4v) is 3.30. The number of fused-ring (bicyclic) bond motifs is 1. The van der Waals surface area contributed by atoms with E-state index in [1.807, 2.05) is 0 Å². The van der Waals surface area contributed by atoms with Gasteiger partial charge in [-0.05, 0) is 44.7 Å². The monoisotopic (exact) mass is 403 g/mol. The zero-order valence-corrected chi connectivity index (χ0v) is 15.5. The molecule has 29 heavy (non-hydrogen) atoms. The van der Waals surface area contributed by atoms with E-state index in [9.17, 15) is 18.0 Å². The molecular formula is C19H16F3N5O2. The van der Waals surface area contributed by atoms with E-state index in [2.05, 4.69) is 20.2 Å². The van der Waals surface area contributed by atoms with Crippen molar-refractivity contribution < 1.29 is 22.4 Å². The highest BCUT2D eigenvalue weighted by Crippen LogP contribution is 2.40. The van der Waals surface area contributed by atoms with E-state index in [1.165, 1.54) is 16.8 Å². The molecule has 1 amide bonds. The minimum atomic E-state index is -4.52. The molecule has 1 N–H and O–H groups in total. The summed E-state index contributed by atoms with van der Waals surface area (Å²) in [5.74, 6) is -0.889. The van der Waals surface area contributed by atoms with Crippen molar-refractivity contribution in [3.05, 3.63) is 46.8 Å². The highest BCUT2D eigenvalue weighted by Gasteiger charge is 2.49. The third-order valence-electron chi connectivity index (χ3n) is 4.92. The average Bonchev–Trinajstić information content (AvgIpc) is 3.27. The predicted octanol–water partition coefficient (Wildman–Crippen LogP) is 4.23. The quantitative estimate of drug-likeness (QED) is 0.662. The van der Waals surface area contributed by atoms with Crippen LogP contribution in [0.1, 0.15) is 34.7 Å². The smallest absolute Gasteiger partial charge is 0.408 e. The van der Waals surface area contributed by atoms with Gasteiger partial charge in [0.1, 0.15) is 11.6 Å². The van der Waals surface area contributed by atoms with Gasteiger partial charge in [-0.15, -0.1) is 0 Å². The molecule has 7 nitrogen and oxygen atoms in total. The van der Waals surface area contributed by atoms with Gasteiger partial charge in [-0.3, -0.25) is 4.79 Å². The molecule has 0 aliphatic heterocycles. The summed E-state index contributed by atoms with van der Waals surface area (Å²) in [5.41, 5.74) is 1.73. The Hall–Kier alpha value is -3.35. The summed E-state index contributed by atoms with van der Waals surface area (Å²) < 4.78 is 46.5. The minimum Gasteiger partial charge on any atom is -0.484 e. The molecule has 0 radical (unpaired) electrons. The fraction of sp³-hybridized carbons (Fsp3) is 0.368. The molecule has 3 heterocycles. The van der Waals surface area contributed by atoms with Crippen LogP contribution in [0.2, 0.25) is 0 Å². The Bertz CT molecular complexity index is 1150. The van der Waals surface area contributed by atoms with Crippen LogP contribution in [0.5, 0.6) is 0 Å². The van der Waals surface area contributed by atoms with E-state index < -0.39 is 24.0 Å². The molecule has 3 aromatic rings. The van der Waals surface area contributed by atoms with Gasteiger partial charge >= 0.3 is 12.1 Å². The second-order valence-electron chi connectivity index (χ2n) is 7.07. The first-order valence-electron chi connectivity index (χ1n) is 8.90. The number of halogens is 3. The van der Waals surface area contributed by atoms with E-state index in [-0.39, 0.29) is 17.1 Å². The topological polar surface area (TPSA) is 76.8 Å². The Morgan fingerprint density at radius 1 is 1.38 bits per heavy atom. The molecule has 10 heteroatoms. The molecule has 1 aliphatic carbocycles. The number of carbonyl (C=O) groups excluding carboxylic acids is 1. The lowest BCUT2D eigenvalue weighted by molar-refractivity contribution is -0.158. The highest BCUT2D eigenvalue weighted by molar-refractivity contribution is 6.00. The van der Waals surface area contributed by atoms with Gasteiger partial charge in [0.15, 0.2) is 5.65 Å². The minimum absolute atomic E-state index is 0.0450. The normalized spacial score (nSPS) is 15.3. The third-order valence-corrected chi connectivity index (χ3v) is 4.92. The molecule has 150 valence electrons. The molecule has 1 fully saturated rings. The largest absolute Gasteiger partial charge is 0.484 e. The second-order valence-corrected chi connectivity index (χ2v) is 7.07. The molecule has 0 unspecified atom stereocenters. The molecule has 4 rings (SSSR count). The Balaban J connectivity index is 1.74. The Kier molecular flexibility index (Phi) is 4.33.